The molecule has 0 radical (unpaired) electrons. The molecule has 0 amide bonds. The molecule has 0 atom stereocenters. The van der Waals surface area contributed by atoms with Gasteiger partial charge in [0.2, 0.25) is 5.75 Å². The van der Waals surface area contributed by atoms with Gasteiger partial charge in [-0.25, -0.2) is 14.4 Å². The Bertz CT molecular complexity index is 1190. The Hall–Kier alpha value is -3.68. The van der Waals surface area contributed by atoms with Gasteiger partial charge >= 0.3 is 0 Å². The fourth-order valence-corrected chi connectivity index (χ4v) is 3.59. The van der Waals surface area contributed by atoms with Crippen LogP contribution in [0, 0.1) is 5.82 Å². The van der Waals surface area contributed by atoms with Crippen LogP contribution >= 0.6 is 0 Å². The molecule has 2 aromatic heterocycles. The average Bonchev–Trinajstić information content (AvgIpc) is 2.71. The number of halogens is 1. The molecule has 0 fully saturated rings. The number of fused-ring (bicyclic) bond motifs is 1. The molecule has 1 aliphatic heterocycles. The number of benzene rings is 1. The molecule has 7 nitrogen and oxygen atoms in total. The van der Waals surface area contributed by atoms with Gasteiger partial charge in [-0.05, 0) is 49.2 Å². The maximum atomic E-state index is 14.4. The number of hydrogen-bond donors (Lipinski definition) is 2. The second-order valence-corrected chi connectivity index (χ2v) is 8.24. The number of hydrogen-bond acceptors (Lipinski definition) is 7. The van der Waals surface area contributed by atoms with E-state index in [2.05, 4.69) is 21.5 Å². The molecule has 166 valence electrons. The van der Waals surface area contributed by atoms with Gasteiger partial charge in [-0.15, -0.1) is 0 Å². The topological polar surface area (TPSA) is 97.6 Å². The molecule has 0 aliphatic carbocycles. The van der Waals surface area contributed by atoms with Crippen LogP contribution in [0.25, 0.3) is 0 Å². The van der Waals surface area contributed by atoms with Crippen molar-refractivity contribution in [2.45, 2.75) is 38.7 Å². The number of rotatable bonds is 5. The maximum Gasteiger partial charge on any atom is 0.202 e. The van der Waals surface area contributed by atoms with Gasteiger partial charge in [0.15, 0.2) is 17.3 Å². The third kappa shape index (κ3) is 4.21. The van der Waals surface area contributed by atoms with E-state index in [-0.39, 0.29) is 35.8 Å². The number of phenols is 2. The minimum Gasteiger partial charge on any atom is -0.504 e. The molecule has 8 heteroatoms. The molecule has 0 saturated carbocycles. The Morgan fingerprint density at radius 1 is 1.16 bits per heavy atom. The first-order chi connectivity index (χ1) is 15.2. The van der Waals surface area contributed by atoms with Crippen molar-refractivity contribution in [1.29, 1.82) is 0 Å². The standard InChI is InChI=1S/C24H24FN3O4/c1-13-7-18-21(32-24(13,2)3)6-5-15(27-18)11-17-16(25)12-26-22(28-17)10-14-8-19(29)23(31-4)20(30)9-14/h5-6,8-9,12,29-30H,1,7,10-11H2,2-4H3. The number of aromatic nitrogens is 3. The lowest BCUT2D eigenvalue weighted by Crippen LogP contribution is -2.35. The fraction of sp³-hybridized carbons (Fsp3) is 0.292. The highest BCUT2D eigenvalue weighted by Gasteiger charge is 2.31. The quantitative estimate of drug-likeness (QED) is 0.585. The predicted molar refractivity (Wildman–Crippen MR) is 116 cm³/mol. The van der Waals surface area contributed by atoms with Crippen molar-refractivity contribution in [3.63, 3.8) is 0 Å². The van der Waals surface area contributed by atoms with Crippen molar-refractivity contribution in [3.05, 3.63) is 76.9 Å². The monoisotopic (exact) mass is 437 g/mol. The molecule has 1 aliphatic rings. The molecule has 4 rings (SSSR count). The predicted octanol–water partition coefficient (Wildman–Crippen LogP) is 3.88. The Morgan fingerprint density at radius 3 is 2.56 bits per heavy atom. The van der Waals surface area contributed by atoms with Gasteiger partial charge in [0.1, 0.15) is 17.2 Å². The molecule has 1 aromatic carbocycles. The molecule has 32 heavy (non-hydrogen) atoms. The van der Waals surface area contributed by atoms with Crippen molar-refractivity contribution in [2.24, 2.45) is 0 Å². The van der Waals surface area contributed by atoms with Crippen LogP contribution in [0.5, 0.6) is 23.0 Å². The summed E-state index contributed by atoms with van der Waals surface area (Å²) in [6, 6.07) is 6.53. The lowest BCUT2D eigenvalue weighted by molar-refractivity contribution is 0.132. The summed E-state index contributed by atoms with van der Waals surface area (Å²) in [6.07, 6.45) is 2.09. The largest absolute Gasteiger partial charge is 0.504 e. The smallest absolute Gasteiger partial charge is 0.202 e. The van der Waals surface area contributed by atoms with Crippen LogP contribution in [-0.2, 0) is 19.3 Å². The molecule has 3 heterocycles. The van der Waals surface area contributed by atoms with Crippen LogP contribution < -0.4 is 9.47 Å². The lowest BCUT2D eigenvalue weighted by atomic mass is 9.92. The molecule has 0 saturated heterocycles. The van der Waals surface area contributed by atoms with Crippen LogP contribution in [-0.4, -0.2) is 37.9 Å². The molecule has 3 aromatic rings. The van der Waals surface area contributed by atoms with Gasteiger partial charge < -0.3 is 19.7 Å². The van der Waals surface area contributed by atoms with Gasteiger partial charge in [0.25, 0.3) is 0 Å². The first kappa shape index (κ1) is 21.5. The van der Waals surface area contributed by atoms with E-state index in [4.69, 9.17) is 9.47 Å². The SMILES string of the molecule is C=C1Cc2nc(Cc3nc(Cc4cc(O)c(OC)c(O)c4)ncc3F)ccc2OC1(C)C. The first-order valence-corrected chi connectivity index (χ1v) is 10.1. The third-order valence-electron chi connectivity index (χ3n) is 5.48. The van der Waals surface area contributed by atoms with Crippen LogP contribution in [0.1, 0.15) is 42.3 Å². The zero-order valence-corrected chi connectivity index (χ0v) is 18.1. The zero-order valence-electron chi connectivity index (χ0n) is 18.1. The van der Waals surface area contributed by atoms with Gasteiger partial charge in [0.05, 0.1) is 24.7 Å². The molecule has 0 bridgehead atoms. The maximum absolute atomic E-state index is 14.4. The number of ether oxygens (including phenoxy) is 2. The van der Waals surface area contributed by atoms with Crippen molar-refractivity contribution in [3.8, 4) is 23.0 Å². The van der Waals surface area contributed by atoms with E-state index >= 15 is 0 Å². The lowest BCUT2D eigenvalue weighted by Gasteiger charge is -2.34. The Balaban J connectivity index is 1.57. The van der Waals surface area contributed by atoms with E-state index in [1.165, 1.54) is 19.2 Å². The normalized spacial score (nSPS) is 14.6. The molecule has 2 N–H and O–H groups in total. The van der Waals surface area contributed by atoms with Gasteiger partial charge in [-0.2, -0.15) is 0 Å². The summed E-state index contributed by atoms with van der Waals surface area (Å²) >= 11 is 0. The fourth-order valence-electron chi connectivity index (χ4n) is 3.59. The van der Waals surface area contributed by atoms with E-state index in [0.717, 1.165) is 17.5 Å². The number of pyridine rings is 1. The minimum absolute atomic E-state index is 0.0111. The van der Waals surface area contributed by atoms with Crippen molar-refractivity contribution < 1.29 is 24.1 Å². The van der Waals surface area contributed by atoms with E-state index in [1.54, 1.807) is 6.07 Å². The molecular weight excluding hydrogens is 413 g/mol. The second-order valence-electron chi connectivity index (χ2n) is 8.24. The number of aromatic hydroxyl groups is 2. The second kappa shape index (κ2) is 8.11. The Kier molecular flexibility index (Phi) is 5.46. The third-order valence-corrected chi connectivity index (χ3v) is 5.48. The van der Waals surface area contributed by atoms with Gasteiger partial charge in [-0.1, -0.05) is 6.58 Å². The molecule has 0 spiro atoms. The van der Waals surface area contributed by atoms with Crippen LogP contribution in [0.15, 0.2) is 42.6 Å². The van der Waals surface area contributed by atoms with Crippen LogP contribution in [0.4, 0.5) is 4.39 Å². The minimum atomic E-state index is -0.532. The van der Waals surface area contributed by atoms with Crippen LogP contribution in [0.3, 0.4) is 0 Å². The number of phenolic OH excluding ortho intramolecular Hbond substituents is 2. The average molecular weight is 437 g/mol. The number of nitrogens with zero attached hydrogens (tertiary/aromatic N) is 3. The summed E-state index contributed by atoms with van der Waals surface area (Å²) in [5.74, 6) is 0.111. The summed E-state index contributed by atoms with van der Waals surface area (Å²) in [5, 5.41) is 20.0. The highest BCUT2D eigenvalue weighted by molar-refractivity contribution is 5.52. The van der Waals surface area contributed by atoms with Gasteiger partial charge in [-0.3, -0.25) is 4.98 Å². The summed E-state index contributed by atoms with van der Waals surface area (Å²) in [7, 11) is 1.35. The van der Waals surface area contributed by atoms with Gasteiger partial charge in [0, 0.05) is 25.0 Å². The van der Waals surface area contributed by atoms with Crippen molar-refractivity contribution in [1.82, 2.24) is 15.0 Å². The Labute approximate surface area is 185 Å². The molecule has 0 unspecified atom stereocenters. The summed E-state index contributed by atoms with van der Waals surface area (Å²) < 4.78 is 25.3. The van der Waals surface area contributed by atoms with E-state index in [9.17, 15) is 14.6 Å². The first-order valence-electron chi connectivity index (χ1n) is 10.1. The zero-order chi connectivity index (χ0) is 23.0. The van der Waals surface area contributed by atoms with Crippen molar-refractivity contribution in [2.75, 3.05) is 7.11 Å². The Morgan fingerprint density at radius 2 is 1.88 bits per heavy atom. The summed E-state index contributed by atoms with van der Waals surface area (Å²) in [5.41, 5.74) is 2.67. The van der Waals surface area contributed by atoms with Crippen molar-refractivity contribution >= 4 is 0 Å². The highest BCUT2D eigenvalue weighted by Crippen LogP contribution is 2.37. The summed E-state index contributed by atoms with van der Waals surface area (Å²) in [4.78, 5) is 13.0. The number of methoxy groups -OCH3 is 1. The van der Waals surface area contributed by atoms with E-state index in [0.29, 0.717) is 29.3 Å². The van der Waals surface area contributed by atoms with Crippen LogP contribution in [0.2, 0.25) is 0 Å². The molecular formula is C24H24FN3O4. The van der Waals surface area contributed by atoms with E-state index < -0.39 is 11.4 Å². The highest BCUT2D eigenvalue weighted by atomic mass is 19.1. The van der Waals surface area contributed by atoms with E-state index in [1.807, 2.05) is 19.9 Å². The summed E-state index contributed by atoms with van der Waals surface area (Å²) in [6.45, 7) is 8.01.